The molecule has 1 aliphatic carbocycles. The van der Waals surface area contributed by atoms with Gasteiger partial charge in [-0.05, 0) is 37.8 Å². The quantitative estimate of drug-likeness (QED) is 0.728. The molecule has 7 heteroatoms. The fourth-order valence-corrected chi connectivity index (χ4v) is 3.50. The van der Waals surface area contributed by atoms with Crippen LogP contribution in [-0.4, -0.2) is 24.6 Å². The minimum absolute atomic E-state index is 0.144. The van der Waals surface area contributed by atoms with Gasteiger partial charge in [0.1, 0.15) is 5.75 Å². The van der Waals surface area contributed by atoms with Crippen LogP contribution in [0.2, 0.25) is 0 Å². The van der Waals surface area contributed by atoms with Gasteiger partial charge < -0.3 is 25.5 Å². The molecule has 1 aromatic carbocycles. The topological polar surface area (TPSA) is 89.4 Å². The zero-order chi connectivity index (χ0) is 19.1. The molecule has 1 aliphatic heterocycles. The van der Waals surface area contributed by atoms with Gasteiger partial charge in [-0.25, -0.2) is 4.39 Å². The second-order valence-corrected chi connectivity index (χ2v) is 7.03. The van der Waals surface area contributed by atoms with E-state index < -0.39 is 11.7 Å². The Kier molecular flexibility index (Phi) is 4.30. The van der Waals surface area contributed by atoms with Gasteiger partial charge in [-0.15, -0.1) is 0 Å². The Balaban J connectivity index is 1.79. The third kappa shape index (κ3) is 3.13. The van der Waals surface area contributed by atoms with Crippen molar-refractivity contribution in [2.24, 2.45) is 11.7 Å². The summed E-state index contributed by atoms with van der Waals surface area (Å²) in [6.45, 7) is 2.36. The minimum Gasteiger partial charge on any atom is -0.494 e. The van der Waals surface area contributed by atoms with Crippen LogP contribution in [0.15, 0.2) is 30.1 Å². The molecule has 1 amide bonds. The van der Waals surface area contributed by atoms with E-state index in [1.54, 1.807) is 19.2 Å². The van der Waals surface area contributed by atoms with Crippen molar-refractivity contribution in [3.63, 3.8) is 0 Å². The molecule has 1 unspecified atom stereocenters. The number of ether oxygens (including phenoxy) is 2. The molecule has 0 spiro atoms. The van der Waals surface area contributed by atoms with E-state index in [1.165, 1.54) is 13.2 Å². The highest BCUT2D eigenvalue weighted by molar-refractivity contribution is 6.19. The number of benzene rings is 1. The highest BCUT2D eigenvalue weighted by Gasteiger charge is 2.32. The van der Waals surface area contributed by atoms with E-state index in [1.807, 2.05) is 6.07 Å². The summed E-state index contributed by atoms with van der Waals surface area (Å²) in [7, 11) is 1.43. The number of methoxy groups -OCH3 is 1. The van der Waals surface area contributed by atoms with E-state index in [9.17, 15) is 9.18 Å². The van der Waals surface area contributed by atoms with Crippen LogP contribution < -0.4 is 20.5 Å². The molecule has 2 heterocycles. The van der Waals surface area contributed by atoms with Crippen LogP contribution in [0.4, 0.5) is 4.39 Å². The van der Waals surface area contributed by atoms with E-state index in [2.05, 4.69) is 10.3 Å². The van der Waals surface area contributed by atoms with Crippen molar-refractivity contribution in [3.05, 3.63) is 52.7 Å². The lowest BCUT2D eigenvalue weighted by molar-refractivity contribution is -0.112. The summed E-state index contributed by atoms with van der Waals surface area (Å²) in [4.78, 5) is 15.0. The number of allylic oxidation sites excluding steroid dienone is 1. The lowest BCUT2D eigenvalue weighted by Crippen LogP contribution is -2.30. The number of nitrogens with one attached hydrogen (secondary N) is 2. The first-order chi connectivity index (χ1) is 13.0. The first kappa shape index (κ1) is 17.5. The zero-order valence-corrected chi connectivity index (χ0v) is 15.3. The molecule has 1 atom stereocenters. The Labute approximate surface area is 156 Å². The normalized spacial score (nSPS) is 18.7. The molecule has 0 radical (unpaired) electrons. The van der Waals surface area contributed by atoms with Crippen LogP contribution >= 0.6 is 0 Å². The Morgan fingerprint density at radius 1 is 1.30 bits per heavy atom. The highest BCUT2D eigenvalue weighted by Crippen LogP contribution is 2.41. The van der Waals surface area contributed by atoms with Crippen LogP contribution in [0.3, 0.4) is 0 Å². The van der Waals surface area contributed by atoms with E-state index in [-0.39, 0.29) is 11.8 Å². The molecule has 1 saturated carbocycles. The minimum atomic E-state index is -0.510. The molecular formula is C20H22FN3O3. The van der Waals surface area contributed by atoms with Crippen molar-refractivity contribution in [2.75, 3.05) is 13.7 Å². The molecule has 2 aliphatic rings. The lowest BCUT2D eigenvalue weighted by atomic mass is 9.90. The standard InChI is InChI=1S/C20H22FN3O3/c1-10-17(20(22)25)19-12(5-6-23-19)18(24-10)13-7-16(26-2)14(21)8-15(13)27-9-11-3-4-11/h5-8,11,18,23-24H,3-4,9H2,1-2H3,(H2,22,25). The lowest BCUT2D eigenvalue weighted by Gasteiger charge is -2.29. The Morgan fingerprint density at radius 3 is 2.74 bits per heavy atom. The summed E-state index contributed by atoms with van der Waals surface area (Å²) in [5.74, 6) is 0.171. The molecule has 6 nitrogen and oxygen atoms in total. The molecule has 1 fully saturated rings. The van der Waals surface area contributed by atoms with E-state index >= 15 is 0 Å². The van der Waals surface area contributed by atoms with Crippen molar-refractivity contribution in [3.8, 4) is 11.5 Å². The van der Waals surface area contributed by atoms with Gasteiger partial charge in [-0.1, -0.05) is 0 Å². The second kappa shape index (κ2) is 6.64. The van der Waals surface area contributed by atoms with E-state index in [0.29, 0.717) is 35.2 Å². The predicted molar refractivity (Wildman–Crippen MR) is 98.7 cm³/mol. The van der Waals surface area contributed by atoms with Crippen molar-refractivity contribution < 1.29 is 18.7 Å². The average molecular weight is 371 g/mol. The summed E-state index contributed by atoms with van der Waals surface area (Å²) in [5.41, 5.74) is 8.88. The fourth-order valence-electron chi connectivity index (χ4n) is 3.50. The number of nitrogens with two attached hydrogens (primary N) is 1. The Bertz CT molecular complexity index is 931. The average Bonchev–Trinajstić information content (AvgIpc) is 3.34. The van der Waals surface area contributed by atoms with Crippen molar-refractivity contribution in [1.82, 2.24) is 10.3 Å². The fraction of sp³-hybridized carbons (Fsp3) is 0.350. The van der Waals surface area contributed by atoms with Crippen molar-refractivity contribution >= 4 is 11.5 Å². The first-order valence-corrected chi connectivity index (χ1v) is 8.94. The smallest absolute Gasteiger partial charge is 0.252 e. The number of aromatic amines is 1. The van der Waals surface area contributed by atoms with Gasteiger partial charge in [-0.3, -0.25) is 4.79 Å². The van der Waals surface area contributed by atoms with Gasteiger partial charge in [0.05, 0.1) is 31.0 Å². The molecule has 27 heavy (non-hydrogen) atoms. The number of rotatable bonds is 6. The number of primary amides is 1. The zero-order valence-electron chi connectivity index (χ0n) is 15.3. The van der Waals surface area contributed by atoms with E-state index in [0.717, 1.165) is 24.0 Å². The maximum Gasteiger partial charge on any atom is 0.252 e. The molecular weight excluding hydrogens is 349 g/mol. The van der Waals surface area contributed by atoms with Gasteiger partial charge in [0.25, 0.3) is 5.91 Å². The largest absolute Gasteiger partial charge is 0.494 e. The van der Waals surface area contributed by atoms with E-state index in [4.69, 9.17) is 15.2 Å². The number of aromatic nitrogens is 1. The summed E-state index contributed by atoms with van der Waals surface area (Å²) < 4.78 is 25.4. The van der Waals surface area contributed by atoms with Crippen LogP contribution in [0.5, 0.6) is 11.5 Å². The van der Waals surface area contributed by atoms with Gasteiger partial charge in [0.2, 0.25) is 0 Å². The highest BCUT2D eigenvalue weighted by atomic mass is 19.1. The third-order valence-corrected chi connectivity index (χ3v) is 5.09. The molecule has 4 N–H and O–H groups in total. The molecule has 142 valence electrons. The molecule has 0 saturated heterocycles. The number of fused-ring (bicyclic) bond motifs is 1. The first-order valence-electron chi connectivity index (χ1n) is 8.94. The number of hydrogen-bond acceptors (Lipinski definition) is 4. The van der Waals surface area contributed by atoms with Gasteiger partial charge in [0.15, 0.2) is 11.6 Å². The van der Waals surface area contributed by atoms with Gasteiger partial charge in [0, 0.05) is 29.1 Å². The third-order valence-electron chi connectivity index (χ3n) is 5.09. The van der Waals surface area contributed by atoms with Crippen LogP contribution in [0.1, 0.15) is 42.6 Å². The maximum absolute atomic E-state index is 14.3. The summed E-state index contributed by atoms with van der Waals surface area (Å²) in [5, 5.41) is 3.32. The molecule has 1 aromatic heterocycles. The number of halogens is 1. The molecule has 2 aromatic rings. The van der Waals surface area contributed by atoms with Crippen LogP contribution in [-0.2, 0) is 4.79 Å². The summed E-state index contributed by atoms with van der Waals surface area (Å²) >= 11 is 0. The van der Waals surface area contributed by atoms with Crippen LogP contribution in [0, 0.1) is 11.7 Å². The summed E-state index contributed by atoms with van der Waals surface area (Å²) in [6, 6.07) is 4.57. The van der Waals surface area contributed by atoms with Crippen molar-refractivity contribution in [1.29, 1.82) is 0 Å². The SMILES string of the molecule is COc1cc(C2NC(C)=C(C(N)=O)c3[nH]ccc32)c(OCC2CC2)cc1F. The number of H-pyrrole nitrogens is 1. The van der Waals surface area contributed by atoms with Crippen LogP contribution in [0.25, 0.3) is 5.57 Å². The number of carbonyl (C=O) groups is 1. The number of carbonyl (C=O) groups excluding carboxylic acids is 1. The maximum atomic E-state index is 14.3. The summed E-state index contributed by atoms with van der Waals surface area (Å²) in [6.07, 6.45) is 4.04. The molecule has 0 bridgehead atoms. The molecule has 4 rings (SSSR count). The number of amides is 1. The second-order valence-electron chi connectivity index (χ2n) is 7.03. The Hall–Kier alpha value is -2.96. The van der Waals surface area contributed by atoms with Gasteiger partial charge >= 0.3 is 0 Å². The predicted octanol–water partition coefficient (Wildman–Crippen LogP) is 2.86. The Morgan fingerprint density at radius 2 is 2.07 bits per heavy atom. The van der Waals surface area contributed by atoms with Gasteiger partial charge in [-0.2, -0.15) is 0 Å². The number of hydrogen-bond donors (Lipinski definition) is 3. The monoisotopic (exact) mass is 371 g/mol. The van der Waals surface area contributed by atoms with Crippen molar-refractivity contribution in [2.45, 2.75) is 25.8 Å².